The minimum absolute atomic E-state index is 0.315. The summed E-state index contributed by atoms with van der Waals surface area (Å²) < 4.78 is 0. The maximum atomic E-state index is 6.00. The number of rotatable bonds is 1. The van der Waals surface area contributed by atoms with Crippen LogP contribution in [0.5, 0.6) is 0 Å². The van der Waals surface area contributed by atoms with E-state index in [9.17, 15) is 0 Å². The zero-order valence-corrected chi connectivity index (χ0v) is 11.0. The van der Waals surface area contributed by atoms with E-state index in [2.05, 4.69) is 19.9 Å². The molecule has 0 radical (unpaired) electrons. The number of nitrogen functional groups attached to an aromatic ring is 2. The third-order valence-corrected chi connectivity index (χ3v) is 3.20. The third-order valence-electron chi connectivity index (χ3n) is 2.67. The molecule has 8 heteroatoms. The van der Waals surface area contributed by atoms with Crippen LogP contribution in [0.4, 0.5) is 11.5 Å². The number of aromatic amines is 1. The molecule has 2 heterocycles. The lowest BCUT2D eigenvalue weighted by atomic mass is 10.1. The number of aromatic nitrogens is 4. The van der Waals surface area contributed by atoms with Gasteiger partial charge < -0.3 is 16.5 Å². The van der Waals surface area contributed by atoms with E-state index < -0.39 is 0 Å². The number of nitrogens with zero attached hydrogens (tertiary/aromatic N) is 3. The van der Waals surface area contributed by atoms with Crippen molar-refractivity contribution >= 4 is 45.9 Å². The largest absolute Gasteiger partial charge is 0.397 e. The number of benzene rings is 1. The average Bonchev–Trinajstić information content (AvgIpc) is 2.79. The van der Waals surface area contributed by atoms with Crippen LogP contribution in [0.3, 0.4) is 0 Å². The van der Waals surface area contributed by atoms with E-state index in [-0.39, 0.29) is 0 Å². The maximum Gasteiger partial charge on any atom is 0.183 e. The molecule has 0 aliphatic heterocycles. The first-order valence-corrected chi connectivity index (χ1v) is 6.03. The van der Waals surface area contributed by atoms with Crippen LogP contribution in [0.1, 0.15) is 0 Å². The highest BCUT2D eigenvalue weighted by Crippen LogP contribution is 2.34. The van der Waals surface area contributed by atoms with Gasteiger partial charge in [0.15, 0.2) is 11.5 Å². The summed E-state index contributed by atoms with van der Waals surface area (Å²) in [6.45, 7) is 0. The van der Waals surface area contributed by atoms with E-state index in [4.69, 9.17) is 34.7 Å². The van der Waals surface area contributed by atoms with Crippen LogP contribution in [0.15, 0.2) is 18.5 Å². The molecule has 0 saturated carbocycles. The molecule has 3 aromatic rings. The molecule has 96 valence electrons. The van der Waals surface area contributed by atoms with Crippen molar-refractivity contribution in [1.82, 2.24) is 19.9 Å². The van der Waals surface area contributed by atoms with Gasteiger partial charge in [0.2, 0.25) is 0 Å². The molecular weight excluding hydrogens is 287 g/mol. The fourth-order valence-corrected chi connectivity index (χ4v) is 2.25. The molecule has 0 amide bonds. The van der Waals surface area contributed by atoms with Gasteiger partial charge in [0.1, 0.15) is 17.7 Å². The van der Waals surface area contributed by atoms with Crippen molar-refractivity contribution in [1.29, 1.82) is 0 Å². The molecule has 6 nitrogen and oxygen atoms in total. The first kappa shape index (κ1) is 12.0. The Bertz CT molecular complexity index is 782. The molecule has 1 aromatic carbocycles. The Morgan fingerprint density at radius 1 is 1.11 bits per heavy atom. The van der Waals surface area contributed by atoms with Crippen LogP contribution >= 0.6 is 23.2 Å². The summed E-state index contributed by atoms with van der Waals surface area (Å²) in [6, 6.07) is 3.24. The molecule has 19 heavy (non-hydrogen) atoms. The Morgan fingerprint density at radius 2 is 1.89 bits per heavy atom. The Morgan fingerprint density at radius 3 is 2.63 bits per heavy atom. The molecule has 0 aliphatic carbocycles. The quantitative estimate of drug-likeness (QED) is 0.598. The first-order valence-electron chi connectivity index (χ1n) is 5.27. The predicted octanol–water partition coefficient (Wildman–Crippen LogP) is 2.49. The topological polar surface area (TPSA) is 106 Å². The van der Waals surface area contributed by atoms with Crippen molar-refractivity contribution in [2.24, 2.45) is 0 Å². The molecule has 0 unspecified atom stereocenters. The van der Waals surface area contributed by atoms with Crippen LogP contribution in [-0.2, 0) is 0 Å². The van der Waals surface area contributed by atoms with Crippen LogP contribution in [-0.4, -0.2) is 19.9 Å². The molecule has 2 aromatic heterocycles. The Balaban J connectivity index is 2.28. The average molecular weight is 295 g/mol. The second-order valence-electron chi connectivity index (χ2n) is 3.89. The van der Waals surface area contributed by atoms with Gasteiger partial charge in [-0.15, -0.1) is 0 Å². The number of nitrogens with one attached hydrogen (secondary N) is 1. The summed E-state index contributed by atoms with van der Waals surface area (Å²) in [5, 5.41) is 0.829. The highest BCUT2D eigenvalue weighted by molar-refractivity contribution is 6.37. The lowest BCUT2D eigenvalue weighted by molar-refractivity contribution is 1.21. The van der Waals surface area contributed by atoms with E-state index >= 15 is 0 Å². The summed E-state index contributed by atoms with van der Waals surface area (Å²) >= 11 is 12.0. The van der Waals surface area contributed by atoms with Crippen molar-refractivity contribution in [3.8, 4) is 11.4 Å². The number of imidazole rings is 1. The second-order valence-corrected chi connectivity index (χ2v) is 4.74. The minimum Gasteiger partial charge on any atom is -0.397 e. The molecule has 0 atom stereocenters. The number of hydrogen-bond donors (Lipinski definition) is 3. The monoisotopic (exact) mass is 294 g/mol. The normalized spacial score (nSPS) is 11.1. The van der Waals surface area contributed by atoms with Gasteiger partial charge in [0.05, 0.1) is 10.7 Å². The maximum absolute atomic E-state index is 6.00. The Hall–Kier alpha value is -2.05. The fourth-order valence-electron chi connectivity index (χ4n) is 1.75. The number of anilines is 2. The summed E-state index contributed by atoms with van der Waals surface area (Å²) in [5.41, 5.74) is 13.6. The molecule has 3 rings (SSSR count). The van der Waals surface area contributed by atoms with Crippen molar-refractivity contribution in [3.63, 3.8) is 0 Å². The van der Waals surface area contributed by atoms with Gasteiger partial charge in [-0.2, -0.15) is 0 Å². The van der Waals surface area contributed by atoms with Crippen LogP contribution in [0, 0.1) is 0 Å². The number of hydrogen-bond acceptors (Lipinski definition) is 5. The van der Waals surface area contributed by atoms with Gasteiger partial charge in [-0.05, 0) is 12.1 Å². The molecule has 0 bridgehead atoms. The zero-order valence-electron chi connectivity index (χ0n) is 9.48. The van der Waals surface area contributed by atoms with E-state index in [1.54, 1.807) is 12.1 Å². The van der Waals surface area contributed by atoms with Crippen LogP contribution in [0.2, 0.25) is 10.0 Å². The Labute approximate surface area is 117 Å². The lowest BCUT2D eigenvalue weighted by Crippen LogP contribution is -1.93. The Kier molecular flexibility index (Phi) is 2.69. The molecule has 0 spiro atoms. The smallest absolute Gasteiger partial charge is 0.183 e. The number of nitrogens with two attached hydrogens (primary N) is 2. The van der Waals surface area contributed by atoms with Crippen molar-refractivity contribution in [2.45, 2.75) is 0 Å². The number of fused-ring (bicyclic) bond motifs is 1. The summed E-state index contributed by atoms with van der Waals surface area (Å²) in [5.74, 6) is 0.805. The highest BCUT2D eigenvalue weighted by atomic mass is 35.5. The van der Waals surface area contributed by atoms with E-state index in [1.165, 1.54) is 6.33 Å². The van der Waals surface area contributed by atoms with Crippen LogP contribution < -0.4 is 11.5 Å². The third kappa shape index (κ3) is 1.94. The SMILES string of the molecule is Nc1c(Cl)cc(Cl)cc1-c1nc2ncnc(N)c2[nH]1. The molecule has 0 aliphatic rings. The number of H-pyrrole nitrogens is 1. The van der Waals surface area contributed by atoms with E-state index in [0.29, 0.717) is 44.1 Å². The summed E-state index contributed by atoms with van der Waals surface area (Å²) in [6.07, 6.45) is 1.34. The minimum atomic E-state index is 0.315. The van der Waals surface area contributed by atoms with Crippen molar-refractivity contribution in [2.75, 3.05) is 11.5 Å². The van der Waals surface area contributed by atoms with Gasteiger partial charge in [-0.25, -0.2) is 15.0 Å². The first-order chi connectivity index (χ1) is 9.06. The van der Waals surface area contributed by atoms with Gasteiger partial charge >= 0.3 is 0 Å². The standard InChI is InChI=1S/C11H8Cl2N6/c12-4-1-5(7(14)6(13)2-4)10-18-8-9(15)16-3-17-11(8)19-10/h1-3H,14H2,(H3,15,16,17,18,19). The van der Waals surface area contributed by atoms with Crippen molar-refractivity contribution in [3.05, 3.63) is 28.5 Å². The zero-order chi connectivity index (χ0) is 13.6. The van der Waals surface area contributed by atoms with Gasteiger partial charge in [0.25, 0.3) is 0 Å². The van der Waals surface area contributed by atoms with E-state index in [0.717, 1.165) is 0 Å². The van der Waals surface area contributed by atoms with Gasteiger partial charge in [-0.3, -0.25) is 0 Å². The lowest BCUT2D eigenvalue weighted by Gasteiger charge is -2.05. The summed E-state index contributed by atoms with van der Waals surface area (Å²) in [7, 11) is 0. The molecular formula is C11H8Cl2N6. The molecule has 0 saturated heterocycles. The molecule has 5 N–H and O–H groups in total. The molecule has 0 fully saturated rings. The van der Waals surface area contributed by atoms with Gasteiger partial charge in [-0.1, -0.05) is 23.2 Å². The second kappa shape index (κ2) is 4.25. The highest BCUT2D eigenvalue weighted by Gasteiger charge is 2.14. The van der Waals surface area contributed by atoms with Crippen LogP contribution in [0.25, 0.3) is 22.6 Å². The van der Waals surface area contributed by atoms with Gasteiger partial charge in [0, 0.05) is 10.6 Å². The van der Waals surface area contributed by atoms with E-state index in [1.807, 2.05) is 0 Å². The predicted molar refractivity (Wildman–Crippen MR) is 76.0 cm³/mol. The number of halogens is 2. The summed E-state index contributed by atoms with van der Waals surface area (Å²) in [4.78, 5) is 15.2. The van der Waals surface area contributed by atoms with Crippen molar-refractivity contribution < 1.29 is 0 Å². The fraction of sp³-hybridized carbons (Fsp3) is 0.